The summed E-state index contributed by atoms with van der Waals surface area (Å²) in [7, 11) is 0. The SMILES string of the molecule is Cc1cccc(N2CCN(C(=O)CCN3Cc4ccccc4OC(c4ccccc4F)C3)CC2)n1. The highest BCUT2D eigenvalue weighted by molar-refractivity contribution is 5.76. The summed E-state index contributed by atoms with van der Waals surface area (Å²) >= 11 is 0. The lowest BCUT2D eigenvalue weighted by molar-refractivity contribution is -0.131. The maximum absolute atomic E-state index is 14.6. The highest BCUT2D eigenvalue weighted by Crippen LogP contribution is 2.32. The molecule has 6 nitrogen and oxygen atoms in total. The molecular weight excluding hydrogens is 443 g/mol. The number of rotatable bonds is 5. The molecule has 2 aromatic carbocycles. The van der Waals surface area contributed by atoms with E-state index in [4.69, 9.17) is 4.74 Å². The summed E-state index contributed by atoms with van der Waals surface area (Å²) in [6.07, 6.45) is -0.00480. The van der Waals surface area contributed by atoms with Crippen LogP contribution in [-0.4, -0.2) is 60.0 Å². The number of hydrogen-bond acceptors (Lipinski definition) is 5. The van der Waals surface area contributed by atoms with Crippen LogP contribution in [0.25, 0.3) is 0 Å². The summed E-state index contributed by atoms with van der Waals surface area (Å²) in [5, 5.41) is 0. The lowest BCUT2D eigenvalue weighted by Crippen LogP contribution is -2.49. The molecule has 0 bridgehead atoms. The van der Waals surface area contributed by atoms with E-state index in [-0.39, 0.29) is 11.7 Å². The molecule has 5 rings (SSSR count). The Morgan fingerprint density at radius 1 is 1.00 bits per heavy atom. The summed E-state index contributed by atoms with van der Waals surface area (Å²) in [6.45, 7) is 6.73. The van der Waals surface area contributed by atoms with Gasteiger partial charge in [0.25, 0.3) is 0 Å². The van der Waals surface area contributed by atoms with Gasteiger partial charge in [-0.1, -0.05) is 42.5 Å². The molecule has 0 N–H and O–H groups in total. The Morgan fingerprint density at radius 2 is 1.77 bits per heavy atom. The quantitative estimate of drug-likeness (QED) is 0.555. The zero-order valence-electron chi connectivity index (χ0n) is 20.1. The summed E-state index contributed by atoms with van der Waals surface area (Å²) < 4.78 is 20.8. The molecule has 2 aliphatic rings. The van der Waals surface area contributed by atoms with Crippen molar-refractivity contribution in [1.29, 1.82) is 0 Å². The number of nitrogens with zero attached hydrogens (tertiary/aromatic N) is 4. The first-order valence-electron chi connectivity index (χ1n) is 12.2. The minimum atomic E-state index is -0.430. The first-order chi connectivity index (χ1) is 17.1. The van der Waals surface area contributed by atoms with Crippen LogP contribution < -0.4 is 9.64 Å². The summed E-state index contributed by atoms with van der Waals surface area (Å²) in [6, 6.07) is 20.7. The number of carbonyl (C=O) groups is 1. The van der Waals surface area contributed by atoms with Crippen LogP contribution in [-0.2, 0) is 11.3 Å². The normalized spacial score (nSPS) is 18.5. The van der Waals surface area contributed by atoms with Gasteiger partial charge in [0.05, 0.1) is 0 Å². The van der Waals surface area contributed by atoms with Gasteiger partial charge < -0.3 is 14.5 Å². The molecule has 1 fully saturated rings. The van der Waals surface area contributed by atoms with E-state index in [9.17, 15) is 9.18 Å². The number of amides is 1. The number of halogens is 1. The second-order valence-electron chi connectivity index (χ2n) is 9.23. The van der Waals surface area contributed by atoms with Crippen LogP contribution in [0, 0.1) is 12.7 Å². The third-order valence-corrected chi connectivity index (χ3v) is 6.78. The number of aromatic nitrogens is 1. The number of aryl methyl sites for hydroxylation is 1. The van der Waals surface area contributed by atoms with Crippen molar-refractivity contribution in [3.63, 3.8) is 0 Å². The Morgan fingerprint density at radius 3 is 2.57 bits per heavy atom. The van der Waals surface area contributed by atoms with Crippen molar-refractivity contribution in [3.8, 4) is 5.75 Å². The highest BCUT2D eigenvalue weighted by Gasteiger charge is 2.27. The van der Waals surface area contributed by atoms with Crippen LogP contribution in [0.15, 0.2) is 66.7 Å². The van der Waals surface area contributed by atoms with Crippen molar-refractivity contribution in [1.82, 2.24) is 14.8 Å². The topological polar surface area (TPSA) is 48.9 Å². The number of benzene rings is 2. The van der Waals surface area contributed by atoms with Gasteiger partial charge in [-0.25, -0.2) is 9.37 Å². The predicted molar refractivity (Wildman–Crippen MR) is 134 cm³/mol. The van der Waals surface area contributed by atoms with E-state index < -0.39 is 6.10 Å². The third-order valence-electron chi connectivity index (χ3n) is 6.78. The molecule has 1 aromatic heterocycles. The molecule has 2 aliphatic heterocycles. The van der Waals surface area contributed by atoms with E-state index in [1.54, 1.807) is 12.1 Å². The van der Waals surface area contributed by atoms with E-state index in [0.717, 1.165) is 35.9 Å². The molecule has 35 heavy (non-hydrogen) atoms. The van der Waals surface area contributed by atoms with Crippen molar-refractivity contribution in [2.45, 2.75) is 26.0 Å². The smallest absolute Gasteiger partial charge is 0.223 e. The summed E-state index contributed by atoms with van der Waals surface area (Å²) in [5.41, 5.74) is 2.59. The van der Waals surface area contributed by atoms with Gasteiger partial charge in [-0.2, -0.15) is 0 Å². The first-order valence-corrected chi connectivity index (χ1v) is 12.2. The zero-order chi connectivity index (χ0) is 24.2. The largest absolute Gasteiger partial charge is 0.484 e. The molecule has 1 saturated heterocycles. The molecule has 0 spiro atoms. The number of para-hydroxylation sites is 1. The Balaban J connectivity index is 1.21. The van der Waals surface area contributed by atoms with Crippen LogP contribution in [0.1, 0.15) is 29.3 Å². The number of ether oxygens (including phenoxy) is 1. The maximum atomic E-state index is 14.6. The second kappa shape index (κ2) is 10.4. The number of carbonyl (C=O) groups excluding carboxylic acids is 1. The van der Waals surface area contributed by atoms with E-state index in [2.05, 4.69) is 14.8 Å². The summed E-state index contributed by atoms with van der Waals surface area (Å²) in [4.78, 5) is 24.0. The number of anilines is 1. The van der Waals surface area contributed by atoms with Gasteiger partial charge in [-0.3, -0.25) is 9.69 Å². The fourth-order valence-corrected chi connectivity index (χ4v) is 4.85. The van der Waals surface area contributed by atoms with Crippen LogP contribution >= 0.6 is 0 Å². The Labute approximate surface area is 205 Å². The van der Waals surface area contributed by atoms with Crippen molar-refractivity contribution in [2.24, 2.45) is 0 Å². The Bertz CT molecular complexity index is 1180. The number of hydrogen-bond donors (Lipinski definition) is 0. The molecular formula is C28H31FN4O2. The molecule has 1 unspecified atom stereocenters. The van der Waals surface area contributed by atoms with Gasteiger partial charge in [0, 0.05) is 69.1 Å². The lowest BCUT2D eigenvalue weighted by atomic mass is 10.1. The fourth-order valence-electron chi connectivity index (χ4n) is 4.85. The minimum Gasteiger partial charge on any atom is -0.484 e. The van der Waals surface area contributed by atoms with Gasteiger partial charge in [-0.05, 0) is 31.2 Å². The molecule has 7 heteroatoms. The van der Waals surface area contributed by atoms with Crippen LogP contribution in [0.2, 0.25) is 0 Å². The van der Waals surface area contributed by atoms with Crippen LogP contribution in [0.3, 0.4) is 0 Å². The Hall–Kier alpha value is -3.45. The second-order valence-corrected chi connectivity index (χ2v) is 9.23. The predicted octanol–water partition coefficient (Wildman–Crippen LogP) is 4.20. The molecule has 1 amide bonds. The molecule has 0 aliphatic carbocycles. The van der Waals surface area contributed by atoms with Crippen LogP contribution in [0.4, 0.5) is 10.2 Å². The number of fused-ring (bicyclic) bond motifs is 1. The fraction of sp³-hybridized carbons (Fsp3) is 0.357. The molecule has 0 saturated carbocycles. The molecule has 3 aromatic rings. The van der Waals surface area contributed by atoms with Gasteiger partial charge in [0.15, 0.2) is 0 Å². The van der Waals surface area contributed by atoms with Crippen molar-refractivity contribution < 1.29 is 13.9 Å². The monoisotopic (exact) mass is 474 g/mol. The lowest BCUT2D eigenvalue weighted by Gasteiger charge is -2.36. The average Bonchev–Trinajstić information content (AvgIpc) is 3.07. The first kappa shape index (κ1) is 23.3. The molecule has 3 heterocycles. The van der Waals surface area contributed by atoms with Crippen molar-refractivity contribution in [2.75, 3.05) is 44.2 Å². The minimum absolute atomic E-state index is 0.155. The van der Waals surface area contributed by atoms with Crippen LogP contribution in [0.5, 0.6) is 5.75 Å². The van der Waals surface area contributed by atoms with Gasteiger partial charge in [0.2, 0.25) is 5.91 Å². The molecule has 1 atom stereocenters. The van der Waals surface area contributed by atoms with E-state index in [1.807, 2.05) is 60.4 Å². The van der Waals surface area contributed by atoms with Gasteiger partial charge in [-0.15, -0.1) is 0 Å². The number of piperazine rings is 1. The number of pyridine rings is 1. The van der Waals surface area contributed by atoms with E-state index in [0.29, 0.717) is 44.7 Å². The van der Waals surface area contributed by atoms with E-state index >= 15 is 0 Å². The average molecular weight is 475 g/mol. The van der Waals surface area contributed by atoms with Crippen molar-refractivity contribution >= 4 is 11.7 Å². The van der Waals surface area contributed by atoms with E-state index in [1.165, 1.54) is 6.07 Å². The zero-order valence-corrected chi connectivity index (χ0v) is 20.1. The molecule has 182 valence electrons. The Kier molecular flexibility index (Phi) is 6.95. The standard InChI is InChI=1S/C28H31FN4O2/c1-21-7-6-12-27(30-21)32-15-17-33(18-16-32)28(34)13-14-31-19-22-8-2-5-11-25(22)35-26(20-31)23-9-3-4-10-24(23)29/h2-12,26H,13-20H2,1H3. The summed E-state index contributed by atoms with van der Waals surface area (Å²) in [5.74, 6) is 1.63. The van der Waals surface area contributed by atoms with Crippen molar-refractivity contribution in [3.05, 3.63) is 89.4 Å². The highest BCUT2D eigenvalue weighted by atomic mass is 19.1. The molecule has 0 radical (unpaired) electrons. The van der Waals surface area contributed by atoms with Gasteiger partial charge >= 0.3 is 0 Å². The third kappa shape index (κ3) is 5.46. The van der Waals surface area contributed by atoms with Gasteiger partial charge in [0.1, 0.15) is 23.5 Å². The maximum Gasteiger partial charge on any atom is 0.223 e.